The second kappa shape index (κ2) is 73.9. The number of esters is 4. The lowest BCUT2D eigenvalue weighted by atomic mass is 10.0. The van der Waals surface area contributed by atoms with Crippen LogP contribution in [-0.4, -0.2) is 96.7 Å². The van der Waals surface area contributed by atoms with Crippen LogP contribution in [0.25, 0.3) is 0 Å². The first-order chi connectivity index (χ1) is 48.5. The highest BCUT2D eigenvalue weighted by atomic mass is 31.2. The number of rotatable bonds is 81. The van der Waals surface area contributed by atoms with Crippen LogP contribution in [0, 0.1) is 5.92 Å². The van der Waals surface area contributed by atoms with Crippen molar-refractivity contribution in [3.05, 3.63) is 0 Å². The summed E-state index contributed by atoms with van der Waals surface area (Å²) in [6.07, 6.45) is 65.5. The van der Waals surface area contributed by atoms with Crippen molar-refractivity contribution in [3.8, 4) is 0 Å². The predicted molar refractivity (Wildman–Crippen MR) is 409 cm³/mol. The molecule has 0 heterocycles. The molecule has 19 heteroatoms. The molecule has 2 unspecified atom stereocenters. The number of phosphoric acid groups is 2. The van der Waals surface area contributed by atoms with Crippen molar-refractivity contribution in [3.63, 3.8) is 0 Å². The van der Waals surface area contributed by atoms with Gasteiger partial charge in [0.1, 0.15) is 19.3 Å². The lowest BCUT2D eigenvalue weighted by molar-refractivity contribution is -0.161. The van der Waals surface area contributed by atoms with Crippen molar-refractivity contribution < 1.29 is 80.2 Å². The van der Waals surface area contributed by atoms with Gasteiger partial charge in [0.25, 0.3) is 0 Å². The summed E-state index contributed by atoms with van der Waals surface area (Å²) in [5.41, 5.74) is 0. The summed E-state index contributed by atoms with van der Waals surface area (Å²) in [6.45, 7) is 7.26. The number of hydrogen-bond acceptors (Lipinski definition) is 15. The molecular formula is C81H158O17P2. The van der Waals surface area contributed by atoms with Crippen molar-refractivity contribution in [1.29, 1.82) is 0 Å². The van der Waals surface area contributed by atoms with Crippen LogP contribution in [0.4, 0.5) is 0 Å². The lowest BCUT2D eigenvalue weighted by Crippen LogP contribution is -2.30. The van der Waals surface area contributed by atoms with E-state index in [1.54, 1.807) is 0 Å². The highest BCUT2D eigenvalue weighted by molar-refractivity contribution is 7.47. The Morgan fingerprint density at radius 1 is 0.270 bits per heavy atom. The van der Waals surface area contributed by atoms with Crippen molar-refractivity contribution >= 4 is 39.5 Å². The van der Waals surface area contributed by atoms with Gasteiger partial charge in [-0.2, -0.15) is 0 Å². The van der Waals surface area contributed by atoms with E-state index < -0.39 is 97.5 Å². The first-order valence-corrected chi connectivity index (χ1v) is 45.1. The normalized spacial score (nSPS) is 13.8. The van der Waals surface area contributed by atoms with Gasteiger partial charge in [-0.1, -0.05) is 381 Å². The topological polar surface area (TPSA) is 237 Å². The number of hydrogen-bond donors (Lipinski definition) is 3. The van der Waals surface area contributed by atoms with Gasteiger partial charge in [-0.3, -0.25) is 37.3 Å². The second-order valence-corrected chi connectivity index (χ2v) is 32.5. The molecule has 0 aromatic heterocycles. The summed E-state index contributed by atoms with van der Waals surface area (Å²) in [6, 6.07) is 0. The number of aliphatic hydroxyl groups excluding tert-OH is 1. The molecule has 0 aromatic rings. The molecule has 0 aliphatic heterocycles. The monoisotopic (exact) mass is 1470 g/mol. The first-order valence-electron chi connectivity index (χ1n) is 42.1. The highest BCUT2D eigenvalue weighted by Gasteiger charge is 2.30. The second-order valence-electron chi connectivity index (χ2n) is 29.6. The zero-order valence-electron chi connectivity index (χ0n) is 65.3. The average molecular weight is 1470 g/mol. The van der Waals surface area contributed by atoms with Gasteiger partial charge in [-0.15, -0.1) is 0 Å². The van der Waals surface area contributed by atoms with E-state index in [0.29, 0.717) is 25.7 Å². The number of ether oxygens (including phenoxy) is 4. The molecule has 0 radical (unpaired) electrons. The van der Waals surface area contributed by atoms with Crippen LogP contribution < -0.4 is 0 Å². The Hall–Kier alpha value is -1.94. The summed E-state index contributed by atoms with van der Waals surface area (Å²) >= 11 is 0. The van der Waals surface area contributed by atoms with E-state index in [4.69, 9.17) is 37.0 Å². The molecule has 0 rings (SSSR count). The van der Waals surface area contributed by atoms with Crippen LogP contribution in [0.1, 0.15) is 433 Å². The third-order valence-corrected chi connectivity index (χ3v) is 20.9. The van der Waals surface area contributed by atoms with Crippen molar-refractivity contribution in [2.75, 3.05) is 39.6 Å². The number of carbonyl (C=O) groups is 4. The molecule has 0 aliphatic carbocycles. The fraction of sp³-hybridized carbons (Fsp3) is 0.951. The van der Waals surface area contributed by atoms with Gasteiger partial charge in [0.15, 0.2) is 12.2 Å². The minimum absolute atomic E-state index is 0.105. The molecule has 0 bridgehead atoms. The third-order valence-electron chi connectivity index (χ3n) is 19.0. The van der Waals surface area contributed by atoms with Crippen LogP contribution in [0.2, 0.25) is 0 Å². The summed E-state index contributed by atoms with van der Waals surface area (Å²) in [4.78, 5) is 72.9. The number of unbranched alkanes of at least 4 members (excludes halogenated alkanes) is 53. The fourth-order valence-corrected chi connectivity index (χ4v) is 14.2. The maximum absolute atomic E-state index is 13.1. The van der Waals surface area contributed by atoms with E-state index in [2.05, 4.69) is 34.6 Å². The summed E-state index contributed by atoms with van der Waals surface area (Å²) in [5, 5.41) is 10.6. The summed E-state index contributed by atoms with van der Waals surface area (Å²) in [5.74, 6) is -1.39. The van der Waals surface area contributed by atoms with E-state index >= 15 is 0 Å². The van der Waals surface area contributed by atoms with Crippen LogP contribution in [0.5, 0.6) is 0 Å². The molecule has 5 atom stereocenters. The lowest BCUT2D eigenvalue weighted by Gasteiger charge is -2.21. The smallest absolute Gasteiger partial charge is 0.462 e. The van der Waals surface area contributed by atoms with Crippen LogP contribution in [-0.2, 0) is 65.4 Å². The Balaban J connectivity index is 5.18. The minimum atomic E-state index is -4.96. The average Bonchev–Trinajstić information content (AvgIpc) is 1.26. The zero-order valence-corrected chi connectivity index (χ0v) is 67.1. The fourth-order valence-electron chi connectivity index (χ4n) is 12.6. The molecule has 100 heavy (non-hydrogen) atoms. The minimum Gasteiger partial charge on any atom is -0.462 e. The third kappa shape index (κ3) is 74.3. The Morgan fingerprint density at radius 3 is 0.680 bits per heavy atom. The Kier molecular flexibility index (Phi) is 72.5. The van der Waals surface area contributed by atoms with Crippen molar-refractivity contribution in [2.45, 2.75) is 451 Å². The molecular weight excluding hydrogens is 1310 g/mol. The predicted octanol–water partition coefficient (Wildman–Crippen LogP) is 24.4. The SMILES string of the molecule is CCCCCCCCCCCCCCCCCCCCCCCC(=O)O[C@H](COC(=O)CCCCCCCCCCCCCCCCCCCCC)COP(=O)(O)OC[C@@H](O)COP(=O)(O)OC[C@@H](COC(=O)CCCCCCCCCCC)OC(=O)CCCCCCCCCCC(C)C. The van der Waals surface area contributed by atoms with Crippen molar-refractivity contribution in [1.82, 2.24) is 0 Å². The van der Waals surface area contributed by atoms with E-state index in [1.165, 1.54) is 257 Å². The first kappa shape index (κ1) is 98.1. The van der Waals surface area contributed by atoms with Crippen LogP contribution >= 0.6 is 15.6 Å². The van der Waals surface area contributed by atoms with Gasteiger partial charge in [0.05, 0.1) is 26.4 Å². The zero-order chi connectivity index (χ0) is 73.4. The van der Waals surface area contributed by atoms with E-state index in [9.17, 15) is 43.2 Å². The number of aliphatic hydroxyl groups is 1. The van der Waals surface area contributed by atoms with Gasteiger partial charge >= 0.3 is 39.5 Å². The van der Waals surface area contributed by atoms with E-state index in [0.717, 1.165) is 95.8 Å². The Morgan fingerprint density at radius 2 is 0.460 bits per heavy atom. The summed E-state index contributed by atoms with van der Waals surface area (Å²) < 4.78 is 68.6. The standard InChI is InChI=1S/C81H158O17P2/c1-6-9-12-15-18-21-23-25-27-29-31-32-34-36-38-40-42-45-51-56-61-66-80(85)97-76(71-92-79(84)65-60-55-50-44-41-39-37-35-33-30-28-26-24-22-19-16-13-10-7-2)72-95-99(87,88)93-68-75(82)69-94-100(89,90)96-73-77(70-91-78(83)64-59-54-49-43-20-17-14-11-8-3)98-81(86)67-62-57-52-47-46-48-53-58-63-74(4)5/h74-77,82H,6-73H2,1-5H3,(H,87,88)(H,89,90)/t75-,76-,77-/m1/s1. The Labute approximate surface area is 613 Å². The quantitative estimate of drug-likeness (QED) is 0.0222. The molecule has 0 fully saturated rings. The van der Waals surface area contributed by atoms with Gasteiger partial charge in [0, 0.05) is 25.7 Å². The molecule has 0 saturated heterocycles. The van der Waals surface area contributed by atoms with Gasteiger partial charge in [0.2, 0.25) is 0 Å². The van der Waals surface area contributed by atoms with E-state index in [-0.39, 0.29) is 25.7 Å². The molecule has 0 spiro atoms. The van der Waals surface area contributed by atoms with Crippen molar-refractivity contribution in [2.24, 2.45) is 5.92 Å². The van der Waals surface area contributed by atoms with Gasteiger partial charge in [-0.05, 0) is 31.6 Å². The van der Waals surface area contributed by atoms with Gasteiger partial charge in [-0.25, -0.2) is 9.13 Å². The largest absolute Gasteiger partial charge is 0.472 e. The number of phosphoric ester groups is 2. The molecule has 0 saturated carbocycles. The Bertz CT molecular complexity index is 1910. The van der Waals surface area contributed by atoms with Crippen LogP contribution in [0.3, 0.4) is 0 Å². The maximum Gasteiger partial charge on any atom is 0.472 e. The molecule has 0 amide bonds. The van der Waals surface area contributed by atoms with Crippen LogP contribution in [0.15, 0.2) is 0 Å². The maximum atomic E-state index is 13.1. The summed E-state index contributed by atoms with van der Waals surface area (Å²) in [7, 11) is -9.91. The number of carbonyl (C=O) groups excluding carboxylic acids is 4. The molecule has 0 aromatic carbocycles. The van der Waals surface area contributed by atoms with Gasteiger partial charge < -0.3 is 33.8 Å². The molecule has 3 N–H and O–H groups in total. The van der Waals surface area contributed by atoms with E-state index in [1.807, 2.05) is 0 Å². The molecule has 0 aliphatic rings. The highest BCUT2D eigenvalue weighted by Crippen LogP contribution is 2.45. The molecule has 17 nitrogen and oxygen atoms in total. The molecule has 594 valence electrons.